The third kappa shape index (κ3) is 8.11. The first-order valence-electron chi connectivity index (χ1n) is 10.7. The van der Waals surface area contributed by atoms with E-state index in [-0.39, 0.29) is 5.92 Å². The van der Waals surface area contributed by atoms with Gasteiger partial charge in [-0.25, -0.2) is 0 Å². The average molecular weight is 443 g/mol. The molecule has 0 fully saturated rings. The summed E-state index contributed by atoms with van der Waals surface area (Å²) in [4.78, 5) is 11.9. The van der Waals surface area contributed by atoms with E-state index >= 15 is 0 Å². The van der Waals surface area contributed by atoms with E-state index in [1.165, 1.54) is 7.11 Å². The van der Waals surface area contributed by atoms with Crippen LogP contribution in [-0.4, -0.2) is 44.1 Å². The van der Waals surface area contributed by atoms with Crippen LogP contribution in [0.2, 0.25) is 0 Å². The Morgan fingerprint density at radius 1 is 0.969 bits per heavy atom. The number of methoxy groups -OCH3 is 2. The maximum absolute atomic E-state index is 11.9. The van der Waals surface area contributed by atoms with Gasteiger partial charge in [-0.2, -0.15) is 0 Å². The van der Waals surface area contributed by atoms with Gasteiger partial charge in [0, 0.05) is 5.92 Å². The van der Waals surface area contributed by atoms with Gasteiger partial charge >= 0.3 is 5.97 Å². The van der Waals surface area contributed by atoms with Gasteiger partial charge in [-0.05, 0) is 30.2 Å². The monoisotopic (exact) mass is 442 g/mol. The molecule has 0 saturated carbocycles. The van der Waals surface area contributed by atoms with E-state index in [0.29, 0.717) is 19.8 Å². The molecule has 0 aromatic heterocycles. The van der Waals surface area contributed by atoms with Crippen molar-refractivity contribution in [1.29, 1.82) is 0 Å². The summed E-state index contributed by atoms with van der Waals surface area (Å²) >= 11 is 0. The van der Waals surface area contributed by atoms with Gasteiger partial charge in [0.1, 0.15) is 5.75 Å². The lowest BCUT2D eigenvalue weighted by atomic mass is 9.89. The number of carbonyl (C=O) groups is 1. The minimum Gasteiger partial charge on any atom is -0.497 e. The number of esters is 1. The molecule has 2 aromatic carbocycles. The zero-order valence-electron chi connectivity index (χ0n) is 19.3. The Morgan fingerprint density at radius 2 is 1.62 bits per heavy atom. The molecular formula is C26H34O6. The van der Waals surface area contributed by atoms with Crippen molar-refractivity contribution >= 4 is 5.97 Å². The number of benzene rings is 2. The smallest absolute Gasteiger partial charge is 0.311 e. The molecule has 0 aliphatic heterocycles. The van der Waals surface area contributed by atoms with E-state index in [1.54, 1.807) is 14.0 Å². The van der Waals surface area contributed by atoms with Gasteiger partial charge in [0.15, 0.2) is 0 Å². The highest BCUT2D eigenvalue weighted by atomic mass is 16.5. The number of carbonyl (C=O) groups excluding carboxylic acids is 1. The molecule has 1 N–H and O–H groups in total. The maximum Gasteiger partial charge on any atom is 0.311 e. The third-order valence-corrected chi connectivity index (χ3v) is 5.40. The van der Waals surface area contributed by atoms with Crippen LogP contribution in [0.3, 0.4) is 0 Å². The van der Waals surface area contributed by atoms with Crippen molar-refractivity contribution in [3.8, 4) is 5.75 Å². The van der Waals surface area contributed by atoms with Crippen molar-refractivity contribution < 1.29 is 28.8 Å². The Hall–Kier alpha value is -2.67. The van der Waals surface area contributed by atoms with Crippen LogP contribution in [0.1, 0.15) is 25.0 Å². The largest absolute Gasteiger partial charge is 0.497 e. The summed E-state index contributed by atoms with van der Waals surface area (Å²) < 4.78 is 21.8. The molecule has 0 radical (unpaired) electrons. The molecule has 0 aliphatic rings. The predicted molar refractivity (Wildman–Crippen MR) is 123 cm³/mol. The van der Waals surface area contributed by atoms with Gasteiger partial charge in [0.2, 0.25) is 0 Å². The lowest BCUT2D eigenvalue weighted by Gasteiger charge is -2.29. The standard InChI is InChI=1S/C26H34O6/c1-19(25(27)20(2)26(28)30-4)24(32-18-21-9-6-5-7-10-21)11-8-16-31-17-22-12-14-23(29-3)15-13-22/h5-15,19-20,24-25,27H,16-18H2,1-4H3/b11-8+/t19-,20+,24+,25-/m1/s1. The van der Waals surface area contributed by atoms with Crippen LogP contribution in [0, 0.1) is 11.8 Å². The highest BCUT2D eigenvalue weighted by Crippen LogP contribution is 2.22. The predicted octanol–water partition coefficient (Wildman–Crippen LogP) is 4.16. The highest BCUT2D eigenvalue weighted by Gasteiger charge is 2.32. The van der Waals surface area contributed by atoms with Crippen LogP contribution < -0.4 is 4.74 Å². The summed E-state index contributed by atoms with van der Waals surface area (Å²) in [6.07, 6.45) is 2.45. The Balaban J connectivity index is 1.96. The minimum atomic E-state index is -0.909. The molecule has 174 valence electrons. The second kappa shape index (κ2) is 13.7. The first kappa shape index (κ1) is 25.6. The van der Waals surface area contributed by atoms with E-state index in [9.17, 15) is 9.90 Å². The molecule has 0 aliphatic carbocycles. The van der Waals surface area contributed by atoms with Crippen molar-refractivity contribution in [1.82, 2.24) is 0 Å². The Labute approximate surface area is 190 Å². The highest BCUT2D eigenvalue weighted by molar-refractivity contribution is 5.72. The normalized spacial score (nSPS) is 15.2. The van der Waals surface area contributed by atoms with Gasteiger partial charge in [0.25, 0.3) is 0 Å². The third-order valence-electron chi connectivity index (χ3n) is 5.40. The molecule has 0 heterocycles. The molecule has 2 rings (SSSR count). The molecule has 0 unspecified atom stereocenters. The topological polar surface area (TPSA) is 74.2 Å². The van der Waals surface area contributed by atoms with Crippen LogP contribution in [0.25, 0.3) is 0 Å². The minimum absolute atomic E-state index is 0.328. The van der Waals surface area contributed by atoms with E-state index in [0.717, 1.165) is 16.9 Å². The quantitative estimate of drug-likeness (QED) is 0.285. The van der Waals surface area contributed by atoms with E-state index in [2.05, 4.69) is 0 Å². The number of aliphatic hydroxyl groups excluding tert-OH is 1. The SMILES string of the molecule is COC(=O)[C@@H](C)[C@H](O)[C@H](C)[C@H](/C=C/COCc1ccc(OC)cc1)OCc1ccccc1. The fraction of sp³-hybridized carbons (Fsp3) is 0.423. The Bertz CT molecular complexity index is 818. The van der Waals surface area contributed by atoms with Crippen LogP contribution in [0.5, 0.6) is 5.75 Å². The summed E-state index contributed by atoms with van der Waals surface area (Å²) in [5, 5.41) is 10.7. The fourth-order valence-corrected chi connectivity index (χ4v) is 3.28. The Kier molecular flexibility index (Phi) is 10.9. The van der Waals surface area contributed by atoms with Gasteiger partial charge in [-0.15, -0.1) is 0 Å². The van der Waals surface area contributed by atoms with Gasteiger partial charge < -0.3 is 24.1 Å². The number of ether oxygens (including phenoxy) is 4. The average Bonchev–Trinajstić information content (AvgIpc) is 2.84. The van der Waals surface area contributed by atoms with Crippen LogP contribution in [0.15, 0.2) is 66.7 Å². The van der Waals surface area contributed by atoms with E-state index in [1.807, 2.05) is 73.7 Å². The van der Waals surface area contributed by atoms with Gasteiger partial charge in [0.05, 0.1) is 52.2 Å². The van der Waals surface area contributed by atoms with Crippen molar-refractivity contribution in [3.63, 3.8) is 0 Å². The number of hydrogen-bond acceptors (Lipinski definition) is 6. The first-order chi connectivity index (χ1) is 15.5. The van der Waals surface area contributed by atoms with Crippen LogP contribution >= 0.6 is 0 Å². The van der Waals surface area contributed by atoms with Crippen LogP contribution in [-0.2, 0) is 32.2 Å². The zero-order chi connectivity index (χ0) is 23.3. The molecule has 6 heteroatoms. The maximum atomic E-state index is 11.9. The van der Waals surface area contributed by atoms with Crippen molar-refractivity contribution in [2.45, 2.75) is 39.3 Å². The summed E-state index contributed by atoms with van der Waals surface area (Å²) in [7, 11) is 2.95. The summed E-state index contributed by atoms with van der Waals surface area (Å²) in [5.74, 6) is -0.623. The lowest BCUT2D eigenvalue weighted by Crippen LogP contribution is -2.38. The van der Waals surface area contributed by atoms with Crippen LogP contribution in [0.4, 0.5) is 0 Å². The van der Waals surface area contributed by atoms with Gasteiger partial charge in [-0.3, -0.25) is 4.79 Å². The summed E-state index contributed by atoms with van der Waals surface area (Å²) in [6.45, 7) is 4.78. The van der Waals surface area contributed by atoms with Gasteiger partial charge in [-0.1, -0.05) is 61.5 Å². The Morgan fingerprint density at radius 3 is 2.25 bits per heavy atom. The first-order valence-corrected chi connectivity index (χ1v) is 10.7. The molecule has 0 saturated heterocycles. The van der Waals surface area contributed by atoms with E-state index < -0.39 is 24.1 Å². The second-order valence-electron chi connectivity index (χ2n) is 7.71. The molecule has 32 heavy (non-hydrogen) atoms. The molecule has 6 nitrogen and oxygen atoms in total. The number of rotatable bonds is 13. The molecule has 0 spiro atoms. The number of hydrogen-bond donors (Lipinski definition) is 1. The van der Waals surface area contributed by atoms with E-state index in [4.69, 9.17) is 18.9 Å². The zero-order valence-corrected chi connectivity index (χ0v) is 19.3. The molecule has 0 amide bonds. The van der Waals surface area contributed by atoms with Crippen molar-refractivity contribution in [3.05, 3.63) is 77.9 Å². The van der Waals surface area contributed by atoms with Crippen molar-refractivity contribution in [2.24, 2.45) is 11.8 Å². The summed E-state index contributed by atoms with van der Waals surface area (Å²) in [6, 6.07) is 17.5. The fourth-order valence-electron chi connectivity index (χ4n) is 3.28. The summed E-state index contributed by atoms with van der Waals surface area (Å²) in [5.41, 5.74) is 2.08. The molecular weight excluding hydrogens is 408 g/mol. The lowest BCUT2D eigenvalue weighted by molar-refractivity contribution is -0.151. The van der Waals surface area contributed by atoms with Crippen molar-refractivity contribution in [2.75, 3.05) is 20.8 Å². The number of aliphatic hydroxyl groups is 1. The molecule has 4 atom stereocenters. The molecule has 2 aromatic rings. The molecule has 0 bridgehead atoms. The second-order valence-corrected chi connectivity index (χ2v) is 7.71.